The summed E-state index contributed by atoms with van der Waals surface area (Å²) in [7, 11) is 1.59. The molecule has 0 saturated carbocycles. The van der Waals surface area contributed by atoms with Gasteiger partial charge in [0.2, 0.25) is 5.89 Å². The molecule has 0 aliphatic carbocycles. The van der Waals surface area contributed by atoms with Crippen LogP contribution in [0, 0.1) is 5.82 Å². The average molecular weight is 329 g/mol. The van der Waals surface area contributed by atoms with Crippen molar-refractivity contribution < 1.29 is 18.7 Å². The lowest BCUT2D eigenvalue weighted by Gasteiger charge is -2.16. The third-order valence-corrected chi connectivity index (χ3v) is 3.51. The van der Waals surface area contributed by atoms with Gasteiger partial charge in [0.15, 0.2) is 5.58 Å². The SMILES string of the molecule is CN(CCO)C(=O)Nc1ccc2nc(-c3ccc(F)cc3)oc2c1. The molecule has 0 spiro atoms. The summed E-state index contributed by atoms with van der Waals surface area (Å²) in [6.07, 6.45) is 0. The van der Waals surface area contributed by atoms with Crippen LogP contribution < -0.4 is 5.32 Å². The molecular weight excluding hydrogens is 313 g/mol. The fourth-order valence-corrected chi connectivity index (χ4v) is 2.19. The van der Waals surface area contributed by atoms with Gasteiger partial charge in [0.1, 0.15) is 11.3 Å². The zero-order chi connectivity index (χ0) is 17.1. The molecule has 2 aromatic carbocycles. The third kappa shape index (κ3) is 3.36. The van der Waals surface area contributed by atoms with E-state index in [0.717, 1.165) is 0 Å². The van der Waals surface area contributed by atoms with Gasteiger partial charge in [-0.25, -0.2) is 14.2 Å². The van der Waals surface area contributed by atoms with Gasteiger partial charge in [-0.2, -0.15) is 0 Å². The highest BCUT2D eigenvalue weighted by atomic mass is 19.1. The monoisotopic (exact) mass is 329 g/mol. The number of benzene rings is 2. The van der Waals surface area contributed by atoms with Crippen molar-refractivity contribution in [1.82, 2.24) is 9.88 Å². The van der Waals surface area contributed by atoms with Crippen LogP contribution in [0.15, 0.2) is 46.9 Å². The molecule has 0 saturated heterocycles. The molecule has 0 atom stereocenters. The van der Waals surface area contributed by atoms with Gasteiger partial charge in [-0.3, -0.25) is 0 Å². The standard InChI is InChI=1S/C17H16FN3O3/c1-21(8-9-22)17(23)19-13-6-7-14-15(10-13)24-16(20-14)11-2-4-12(18)5-3-11/h2-7,10,22H,8-9H2,1H3,(H,19,23). The summed E-state index contributed by atoms with van der Waals surface area (Å²) in [6.45, 7) is 0.136. The fraction of sp³-hybridized carbons (Fsp3) is 0.176. The zero-order valence-electron chi connectivity index (χ0n) is 13.0. The second kappa shape index (κ2) is 6.67. The Morgan fingerprint density at radius 3 is 2.75 bits per heavy atom. The summed E-state index contributed by atoms with van der Waals surface area (Å²) in [5.74, 6) is 0.0535. The first-order valence-corrected chi connectivity index (χ1v) is 7.36. The Hall–Kier alpha value is -2.93. The number of aliphatic hydroxyl groups is 1. The van der Waals surface area contributed by atoms with Crippen molar-refractivity contribution in [2.45, 2.75) is 0 Å². The lowest BCUT2D eigenvalue weighted by Crippen LogP contribution is -2.33. The van der Waals surface area contributed by atoms with E-state index < -0.39 is 0 Å². The molecule has 2 amide bonds. The van der Waals surface area contributed by atoms with Gasteiger partial charge in [0.05, 0.1) is 6.61 Å². The Bertz CT molecular complexity index is 861. The van der Waals surface area contributed by atoms with Crippen LogP contribution in [0.2, 0.25) is 0 Å². The van der Waals surface area contributed by atoms with Crippen LogP contribution in [0.1, 0.15) is 0 Å². The lowest BCUT2D eigenvalue weighted by atomic mass is 10.2. The average Bonchev–Trinajstić information content (AvgIpc) is 2.99. The maximum atomic E-state index is 13.0. The van der Waals surface area contributed by atoms with E-state index >= 15 is 0 Å². The number of nitrogens with zero attached hydrogens (tertiary/aromatic N) is 2. The molecule has 7 heteroatoms. The van der Waals surface area contributed by atoms with Gasteiger partial charge >= 0.3 is 6.03 Å². The third-order valence-electron chi connectivity index (χ3n) is 3.51. The highest BCUT2D eigenvalue weighted by molar-refractivity contribution is 5.91. The molecule has 0 aliphatic heterocycles. The van der Waals surface area contributed by atoms with E-state index in [2.05, 4.69) is 10.3 Å². The molecule has 0 unspecified atom stereocenters. The molecule has 3 aromatic rings. The van der Waals surface area contributed by atoms with Crippen LogP contribution in [0.25, 0.3) is 22.6 Å². The summed E-state index contributed by atoms with van der Waals surface area (Å²) in [6, 6.07) is 10.6. The number of aliphatic hydroxyl groups excluding tert-OH is 1. The largest absolute Gasteiger partial charge is 0.436 e. The number of fused-ring (bicyclic) bond motifs is 1. The Kier molecular flexibility index (Phi) is 4.43. The predicted octanol–water partition coefficient (Wildman–Crippen LogP) is 3.09. The normalized spacial score (nSPS) is 10.8. The Labute approximate surface area is 137 Å². The molecule has 24 heavy (non-hydrogen) atoms. The number of amides is 2. The van der Waals surface area contributed by atoms with Gasteiger partial charge in [0, 0.05) is 30.9 Å². The molecule has 0 fully saturated rings. The molecule has 1 aromatic heterocycles. The van der Waals surface area contributed by atoms with Gasteiger partial charge in [-0.1, -0.05) is 0 Å². The summed E-state index contributed by atoms with van der Waals surface area (Å²) in [5.41, 5.74) is 2.37. The van der Waals surface area contributed by atoms with Crippen LogP contribution in [-0.4, -0.2) is 41.2 Å². The van der Waals surface area contributed by atoms with Crippen molar-refractivity contribution >= 4 is 22.8 Å². The molecule has 1 heterocycles. The number of anilines is 1. The topological polar surface area (TPSA) is 78.6 Å². The smallest absolute Gasteiger partial charge is 0.321 e. The summed E-state index contributed by atoms with van der Waals surface area (Å²) >= 11 is 0. The van der Waals surface area contributed by atoms with Crippen molar-refractivity contribution in [1.29, 1.82) is 0 Å². The van der Waals surface area contributed by atoms with Gasteiger partial charge < -0.3 is 19.7 Å². The number of hydrogen-bond donors (Lipinski definition) is 2. The summed E-state index contributed by atoms with van der Waals surface area (Å²) in [4.78, 5) is 17.6. The minimum atomic E-state index is -0.332. The number of carbonyl (C=O) groups excluding carboxylic acids is 1. The quantitative estimate of drug-likeness (QED) is 0.771. The number of oxazole rings is 1. The second-order valence-corrected chi connectivity index (χ2v) is 5.28. The first-order valence-electron chi connectivity index (χ1n) is 7.36. The van der Waals surface area contributed by atoms with E-state index in [0.29, 0.717) is 28.2 Å². The summed E-state index contributed by atoms with van der Waals surface area (Å²) < 4.78 is 18.7. The Morgan fingerprint density at radius 1 is 1.29 bits per heavy atom. The van der Waals surface area contributed by atoms with Crippen LogP contribution in [0.4, 0.5) is 14.9 Å². The maximum absolute atomic E-state index is 13.0. The highest BCUT2D eigenvalue weighted by Crippen LogP contribution is 2.26. The van der Waals surface area contributed by atoms with Crippen molar-refractivity contribution in [3.8, 4) is 11.5 Å². The summed E-state index contributed by atoms with van der Waals surface area (Å²) in [5, 5.41) is 11.6. The predicted molar refractivity (Wildman–Crippen MR) is 88.1 cm³/mol. The number of rotatable bonds is 4. The van der Waals surface area contributed by atoms with E-state index in [1.165, 1.54) is 17.0 Å². The lowest BCUT2D eigenvalue weighted by molar-refractivity contribution is 0.202. The Morgan fingerprint density at radius 2 is 2.04 bits per heavy atom. The van der Waals surface area contributed by atoms with E-state index in [9.17, 15) is 9.18 Å². The second-order valence-electron chi connectivity index (χ2n) is 5.28. The van der Waals surface area contributed by atoms with E-state index in [1.54, 1.807) is 37.4 Å². The van der Waals surface area contributed by atoms with E-state index in [1.807, 2.05) is 0 Å². The molecular formula is C17H16FN3O3. The number of urea groups is 1. The number of halogens is 1. The molecule has 2 N–H and O–H groups in total. The molecule has 3 rings (SSSR count). The van der Waals surface area contributed by atoms with Crippen molar-refractivity contribution in [2.24, 2.45) is 0 Å². The molecule has 0 bridgehead atoms. The van der Waals surface area contributed by atoms with E-state index in [-0.39, 0.29) is 25.0 Å². The van der Waals surface area contributed by atoms with Gasteiger partial charge in [-0.15, -0.1) is 0 Å². The van der Waals surface area contributed by atoms with Gasteiger partial charge in [0.25, 0.3) is 0 Å². The maximum Gasteiger partial charge on any atom is 0.321 e. The number of nitrogens with one attached hydrogen (secondary N) is 1. The zero-order valence-corrected chi connectivity index (χ0v) is 13.0. The van der Waals surface area contributed by atoms with Crippen molar-refractivity contribution in [3.05, 3.63) is 48.3 Å². The van der Waals surface area contributed by atoms with Crippen LogP contribution >= 0.6 is 0 Å². The van der Waals surface area contributed by atoms with Crippen molar-refractivity contribution in [2.75, 3.05) is 25.5 Å². The Balaban J connectivity index is 1.83. The van der Waals surface area contributed by atoms with Gasteiger partial charge in [-0.05, 0) is 36.4 Å². The molecule has 6 nitrogen and oxygen atoms in total. The molecule has 0 radical (unpaired) electrons. The number of carbonyl (C=O) groups is 1. The van der Waals surface area contributed by atoms with E-state index in [4.69, 9.17) is 9.52 Å². The van der Waals surface area contributed by atoms with Crippen molar-refractivity contribution in [3.63, 3.8) is 0 Å². The minimum absolute atomic E-state index is 0.105. The fourth-order valence-electron chi connectivity index (χ4n) is 2.19. The van der Waals surface area contributed by atoms with Crippen LogP contribution in [0.5, 0.6) is 0 Å². The van der Waals surface area contributed by atoms with Crippen LogP contribution in [-0.2, 0) is 0 Å². The molecule has 124 valence electrons. The molecule has 0 aliphatic rings. The number of hydrogen-bond acceptors (Lipinski definition) is 4. The number of aromatic nitrogens is 1. The number of likely N-dealkylation sites (N-methyl/N-ethyl adjacent to an activating group) is 1. The first kappa shape index (κ1) is 15.9. The highest BCUT2D eigenvalue weighted by Gasteiger charge is 2.11. The minimum Gasteiger partial charge on any atom is -0.436 e. The van der Waals surface area contributed by atoms with Crippen LogP contribution in [0.3, 0.4) is 0 Å². The first-order chi connectivity index (χ1) is 11.6.